The molecule has 4 N–H and O–H groups in total. The molecule has 23 heavy (non-hydrogen) atoms. The molecular formula is C18H26ClN3O. The Balaban J connectivity index is 0.00000192. The number of hydrogen-bond acceptors (Lipinski definition) is 2. The van der Waals surface area contributed by atoms with Gasteiger partial charge in [0.05, 0.1) is 5.92 Å². The van der Waals surface area contributed by atoms with E-state index >= 15 is 0 Å². The minimum atomic E-state index is -0.358. The van der Waals surface area contributed by atoms with Crippen molar-refractivity contribution in [2.45, 2.75) is 44.6 Å². The Morgan fingerprint density at radius 3 is 2.96 bits per heavy atom. The summed E-state index contributed by atoms with van der Waals surface area (Å²) in [5.41, 5.74) is 8.33. The third-order valence-electron chi connectivity index (χ3n) is 4.94. The first-order chi connectivity index (χ1) is 10.6. The summed E-state index contributed by atoms with van der Waals surface area (Å²) in [6.07, 6.45) is 6.95. The van der Waals surface area contributed by atoms with Crippen LogP contribution in [-0.4, -0.2) is 23.0 Å². The maximum atomic E-state index is 12.4. The zero-order chi connectivity index (χ0) is 15.6. The average Bonchev–Trinajstić information content (AvgIpc) is 2.90. The van der Waals surface area contributed by atoms with Crippen LogP contribution in [0.5, 0.6) is 0 Å². The van der Waals surface area contributed by atoms with Crippen LogP contribution in [0.25, 0.3) is 10.9 Å². The van der Waals surface area contributed by atoms with Gasteiger partial charge in [0, 0.05) is 29.2 Å². The second-order valence-electron chi connectivity index (χ2n) is 6.70. The molecule has 1 aromatic carbocycles. The van der Waals surface area contributed by atoms with E-state index in [0.29, 0.717) is 6.54 Å². The lowest BCUT2D eigenvalue weighted by Gasteiger charge is -2.37. The summed E-state index contributed by atoms with van der Waals surface area (Å²) in [7, 11) is 0. The fraction of sp³-hybridized carbons (Fsp3) is 0.500. The van der Waals surface area contributed by atoms with E-state index in [1.54, 1.807) is 0 Å². The van der Waals surface area contributed by atoms with Gasteiger partial charge in [-0.25, -0.2) is 0 Å². The zero-order valence-electron chi connectivity index (χ0n) is 13.6. The number of rotatable bonds is 4. The minimum absolute atomic E-state index is 0. The van der Waals surface area contributed by atoms with Crippen molar-refractivity contribution in [1.29, 1.82) is 0 Å². The standard InChI is InChI=1S/C18H25N3O.ClH/c1-18(19)10-5-4-7-15(18)17(22)20-11-9-13-12-21-16-8-3-2-6-14(13)16;/h2-3,6,8,12,15,21H,4-5,7,9-11,19H2,1H3,(H,20,22);1H. The Labute approximate surface area is 143 Å². The van der Waals surface area contributed by atoms with E-state index in [4.69, 9.17) is 5.73 Å². The second kappa shape index (κ2) is 7.37. The molecule has 1 aliphatic carbocycles. The highest BCUT2D eigenvalue weighted by Gasteiger charge is 2.37. The van der Waals surface area contributed by atoms with Gasteiger partial charge in [-0.2, -0.15) is 0 Å². The SMILES string of the molecule is CC1(N)CCCCC1C(=O)NCCc1c[nH]c2ccccc12.Cl. The molecule has 126 valence electrons. The fourth-order valence-electron chi connectivity index (χ4n) is 3.57. The number of hydrogen-bond donors (Lipinski definition) is 3. The number of nitrogens with two attached hydrogens (primary N) is 1. The zero-order valence-corrected chi connectivity index (χ0v) is 14.4. The van der Waals surface area contributed by atoms with E-state index in [1.807, 2.05) is 25.3 Å². The molecular weight excluding hydrogens is 310 g/mol. The average molecular weight is 336 g/mol. The molecule has 2 aromatic rings. The number of para-hydroxylation sites is 1. The Hall–Kier alpha value is -1.52. The van der Waals surface area contributed by atoms with Crippen molar-refractivity contribution >= 4 is 29.2 Å². The van der Waals surface area contributed by atoms with Gasteiger partial charge in [0.25, 0.3) is 0 Å². The Kier molecular flexibility index (Phi) is 5.71. The first-order valence-corrected chi connectivity index (χ1v) is 8.19. The summed E-state index contributed by atoms with van der Waals surface area (Å²) in [5, 5.41) is 4.31. The molecule has 1 amide bonds. The lowest BCUT2D eigenvalue weighted by molar-refractivity contribution is -0.128. The van der Waals surface area contributed by atoms with Gasteiger partial charge in [-0.1, -0.05) is 31.0 Å². The quantitative estimate of drug-likeness (QED) is 0.803. The van der Waals surface area contributed by atoms with Crippen LogP contribution in [0.4, 0.5) is 0 Å². The van der Waals surface area contributed by atoms with Crippen molar-refractivity contribution in [3.8, 4) is 0 Å². The van der Waals surface area contributed by atoms with E-state index in [1.165, 1.54) is 10.9 Å². The van der Waals surface area contributed by atoms with Gasteiger partial charge < -0.3 is 16.0 Å². The highest BCUT2D eigenvalue weighted by atomic mass is 35.5. The van der Waals surface area contributed by atoms with Crippen LogP contribution in [0, 0.1) is 5.92 Å². The minimum Gasteiger partial charge on any atom is -0.361 e. The van der Waals surface area contributed by atoms with Crippen LogP contribution in [0.3, 0.4) is 0 Å². The molecule has 3 rings (SSSR count). The Morgan fingerprint density at radius 1 is 1.39 bits per heavy atom. The first kappa shape index (κ1) is 17.8. The summed E-state index contributed by atoms with van der Waals surface area (Å²) in [6.45, 7) is 2.67. The number of aromatic amines is 1. The van der Waals surface area contributed by atoms with Gasteiger partial charge in [0.1, 0.15) is 0 Å². The molecule has 0 radical (unpaired) electrons. The monoisotopic (exact) mass is 335 g/mol. The summed E-state index contributed by atoms with van der Waals surface area (Å²) in [6, 6.07) is 8.25. The number of amides is 1. The highest BCUT2D eigenvalue weighted by Crippen LogP contribution is 2.31. The first-order valence-electron chi connectivity index (χ1n) is 8.19. The normalized spacial score (nSPS) is 24.2. The number of halogens is 1. The van der Waals surface area contributed by atoms with Crippen LogP contribution in [-0.2, 0) is 11.2 Å². The van der Waals surface area contributed by atoms with E-state index in [-0.39, 0.29) is 29.8 Å². The number of aromatic nitrogens is 1. The molecule has 4 nitrogen and oxygen atoms in total. The Bertz CT molecular complexity index is 665. The molecule has 5 heteroatoms. The maximum absolute atomic E-state index is 12.4. The number of fused-ring (bicyclic) bond motifs is 1. The molecule has 0 aliphatic heterocycles. The number of benzene rings is 1. The summed E-state index contributed by atoms with van der Waals surface area (Å²) in [4.78, 5) is 15.7. The van der Waals surface area contributed by atoms with E-state index < -0.39 is 0 Å². The van der Waals surface area contributed by atoms with Gasteiger partial charge in [0.15, 0.2) is 0 Å². The maximum Gasteiger partial charge on any atom is 0.224 e. The third kappa shape index (κ3) is 3.88. The fourth-order valence-corrected chi connectivity index (χ4v) is 3.57. The molecule has 2 unspecified atom stereocenters. The second-order valence-corrected chi connectivity index (χ2v) is 6.70. The molecule has 1 saturated carbocycles. The largest absolute Gasteiger partial charge is 0.361 e. The van der Waals surface area contributed by atoms with Crippen molar-refractivity contribution in [3.05, 3.63) is 36.0 Å². The topological polar surface area (TPSA) is 70.9 Å². The van der Waals surface area contributed by atoms with Crippen LogP contribution in [0.2, 0.25) is 0 Å². The van der Waals surface area contributed by atoms with Gasteiger partial charge >= 0.3 is 0 Å². The van der Waals surface area contributed by atoms with Crippen LogP contribution >= 0.6 is 12.4 Å². The lowest BCUT2D eigenvalue weighted by Crippen LogP contribution is -2.53. The number of H-pyrrole nitrogens is 1. The number of carbonyl (C=O) groups is 1. The van der Waals surface area contributed by atoms with Crippen molar-refractivity contribution < 1.29 is 4.79 Å². The van der Waals surface area contributed by atoms with E-state index in [0.717, 1.165) is 37.6 Å². The van der Waals surface area contributed by atoms with Crippen molar-refractivity contribution in [3.63, 3.8) is 0 Å². The van der Waals surface area contributed by atoms with Crippen molar-refractivity contribution in [2.75, 3.05) is 6.54 Å². The molecule has 0 spiro atoms. The van der Waals surface area contributed by atoms with Gasteiger partial charge in [-0.05, 0) is 37.8 Å². The molecule has 1 fully saturated rings. The van der Waals surface area contributed by atoms with E-state index in [2.05, 4.69) is 22.4 Å². The summed E-state index contributed by atoms with van der Waals surface area (Å²) in [5.74, 6) is 0.0637. The molecule has 1 heterocycles. The highest BCUT2D eigenvalue weighted by molar-refractivity contribution is 5.85. The lowest BCUT2D eigenvalue weighted by atomic mass is 9.74. The smallest absolute Gasteiger partial charge is 0.224 e. The number of nitrogens with one attached hydrogen (secondary N) is 2. The van der Waals surface area contributed by atoms with Crippen molar-refractivity contribution in [1.82, 2.24) is 10.3 Å². The van der Waals surface area contributed by atoms with Gasteiger partial charge in [-0.3, -0.25) is 4.79 Å². The molecule has 0 saturated heterocycles. The molecule has 0 bridgehead atoms. The van der Waals surface area contributed by atoms with Crippen molar-refractivity contribution in [2.24, 2.45) is 11.7 Å². The van der Waals surface area contributed by atoms with Gasteiger partial charge in [0.2, 0.25) is 5.91 Å². The summed E-state index contributed by atoms with van der Waals surface area (Å²) < 4.78 is 0. The van der Waals surface area contributed by atoms with Crippen LogP contribution in [0.1, 0.15) is 38.2 Å². The predicted octanol–water partition coefficient (Wildman–Crippen LogP) is 3.16. The van der Waals surface area contributed by atoms with Crippen LogP contribution in [0.15, 0.2) is 30.5 Å². The van der Waals surface area contributed by atoms with Crippen LogP contribution < -0.4 is 11.1 Å². The molecule has 1 aromatic heterocycles. The van der Waals surface area contributed by atoms with E-state index in [9.17, 15) is 4.79 Å². The molecule has 1 aliphatic rings. The van der Waals surface area contributed by atoms with Gasteiger partial charge in [-0.15, -0.1) is 12.4 Å². The molecule has 2 atom stereocenters. The predicted molar refractivity (Wildman–Crippen MR) is 96.8 cm³/mol. The summed E-state index contributed by atoms with van der Waals surface area (Å²) >= 11 is 0. The number of carbonyl (C=O) groups excluding carboxylic acids is 1. The third-order valence-corrected chi connectivity index (χ3v) is 4.94. The Morgan fingerprint density at radius 2 is 2.17 bits per heavy atom.